The molecule has 1 atom stereocenters. The van der Waals surface area contributed by atoms with Gasteiger partial charge in [0, 0.05) is 16.9 Å². The van der Waals surface area contributed by atoms with Crippen LogP contribution in [0.3, 0.4) is 0 Å². The second-order valence-corrected chi connectivity index (χ2v) is 5.73. The van der Waals surface area contributed by atoms with Gasteiger partial charge in [-0.05, 0) is 19.9 Å². The summed E-state index contributed by atoms with van der Waals surface area (Å²) in [4.78, 5) is 0. The van der Waals surface area contributed by atoms with E-state index in [4.69, 9.17) is 0 Å². The van der Waals surface area contributed by atoms with Gasteiger partial charge in [-0.25, -0.2) is 0 Å². The molecule has 2 rings (SSSR count). The molecule has 1 aliphatic rings. The molecule has 1 heterocycles. The fraction of sp³-hybridized carbons (Fsp3) is 0.500. The number of rotatable bonds is 3. The highest BCUT2D eigenvalue weighted by atomic mass is 32.2. The standard InChI is InChI=1S/C12H15F2NOS/c1-12(2)7-17-10(15-12)8-5-3-4-6-9(8)16-11(13)14/h3-6,10-11,15H,7H2,1-2H3. The van der Waals surface area contributed by atoms with Crippen LogP contribution in [0.15, 0.2) is 24.3 Å². The van der Waals surface area contributed by atoms with Gasteiger partial charge in [-0.3, -0.25) is 5.32 Å². The van der Waals surface area contributed by atoms with Crippen LogP contribution in [-0.4, -0.2) is 17.9 Å². The number of benzene rings is 1. The van der Waals surface area contributed by atoms with E-state index in [-0.39, 0.29) is 16.7 Å². The molecule has 0 aliphatic carbocycles. The molecule has 94 valence electrons. The first-order chi connectivity index (χ1) is 7.98. The van der Waals surface area contributed by atoms with Crippen LogP contribution in [0.25, 0.3) is 0 Å². The molecule has 1 saturated heterocycles. The number of hydrogen-bond donors (Lipinski definition) is 1. The monoisotopic (exact) mass is 259 g/mol. The highest BCUT2D eigenvalue weighted by Gasteiger charge is 2.33. The van der Waals surface area contributed by atoms with E-state index in [9.17, 15) is 8.78 Å². The quantitative estimate of drug-likeness (QED) is 0.899. The first kappa shape index (κ1) is 12.6. The second-order valence-electron chi connectivity index (χ2n) is 4.64. The number of hydrogen-bond acceptors (Lipinski definition) is 3. The topological polar surface area (TPSA) is 21.3 Å². The lowest BCUT2D eigenvalue weighted by Crippen LogP contribution is -2.36. The number of para-hydroxylation sites is 1. The molecule has 1 aliphatic heterocycles. The molecule has 0 bridgehead atoms. The lowest BCUT2D eigenvalue weighted by atomic mass is 10.1. The number of halogens is 2. The summed E-state index contributed by atoms with van der Waals surface area (Å²) in [7, 11) is 0. The number of thioether (sulfide) groups is 1. The first-order valence-corrected chi connectivity index (χ1v) is 6.46. The Bertz CT molecular complexity index is 398. The predicted molar refractivity (Wildman–Crippen MR) is 65.5 cm³/mol. The summed E-state index contributed by atoms with van der Waals surface area (Å²) >= 11 is 1.71. The maximum Gasteiger partial charge on any atom is 0.387 e. The highest BCUT2D eigenvalue weighted by Crippen LogP contribution is 2.40. The van der Waals surface area contributed by atoms with Crippen LogP contribution >= 0.6 is 11.8 Å². The van der Waals surface area contributed by atoms with E-state index in [1.807, 2.05) is 12.1 Å². The molecule has 0 radical (unpaired) electrons. The van der Waals surface area contributed by atoms with E-state index in [0.717, 1.165) is 11.3 Å². The van der Waals surface area contributed by atoms with Gasteiger partial charge in [0.2, 0.25) is 0 Å². The molecule has 1 N–H and O–H groups in total. The van der Waals surface area contributed by atoms with Gasteiger partial charge in [-0.1, -0.05) is 18.2 Å². The predicted octanol–water partition coefficient (Wildman–Crippen LogP) is 3.40. The van der Waals surface area contributed by atoms with Crippen molar-refractivity contribution in [1.82, 2.24) is 5.32 Å². The molecule has 17 heavy (non-hydrogen) atoms. The van der Waals surface area contributed by atoms with Crippen LogP contribution in [0.5, 0.6) is 5.75 Å². The minimum Gasteiger partial charge on any atom is -0.434 e. The Morgan fingerprint density at radius 3 is 2.71 bits per heavy atom. The molecule has 1 aromatic rings. The fourth-order valence-electron chi connectivity index (χ4n) is 1.80. The molecule has 5 heteroatoms. The van der Waals surface area contributed by atoms with Crippen LogP contribution in [0.1, 0.15) is 24.8 Å². The Kier molecular flexibility index (Phi) is 3.58. The molecule has 0 amide bonds. The Morgan fingerprint density at radius 2 is 2.12 bits per heavy atom. The van der Waals surface area contributed by atoms with Gasteiger partial charge in [-0.15, -0.1) is 11.8 Å². The first-order valence-electron chi connectivity index (χ1n) is 5.41. The Morgan fingerprint density at radius 1 is 1.41 bits per heavy atom. The van der Waals surface area contributed by atoms with Crippen molar-refractivity contribution in [2.24, 2.45) is 0 Å². The summed E-state index contributed by atoms with van der Waals surface area (Å²) in [5.74, 6) is 1.20. The van der Waals surface area contributed by atoms with Gasteiger partial charge < -0.3 is 4.74 Å². The minimum absolute atomic E-state index is 0.0138. The van der Waals surface area contributed by atoms with Crippen molar-refractivity contribution in [2.75, 3.05) is 5.75 Å². The van der Waals surface area contributed by atoms with E-state index >= 15 is 0 Å². The van der Waals surface area contributed by atoms with Gasteiger partial charge in [0.15, 0.2) is 0 Å². The maximum absolute atomic E-state index is 12.3. The molecular formula is C12H15F2NOS. The van der Waals surface area contributed by atoms with Crippen molar-refractivity contribution >= 4 is 11.8 Å². The van der Waals surface area contributed by atoms with Gasteiger partial charge in [-0.2, -0.15) is 8.78 Å². The molecule has 2 nitrogen and oxygen atoms in total. The van der Waals surface area contributed by atoms with E-state index in [0.29, 0.717) is 0 Å². The van der Waals surface area contributed by atoms with E-state index in [2.05, 4.69) is 23.9 Å². The van der Waals surface area contributed by atoms with Crippen molar-refractivity contribution in [2.45, 2.75) is 31.4 Å². The molecule has 1 fully saturated rings. The third-order valence-electron chi connectivity index (χ3n) is 2.55. The van der Waals surface area contributed by atoms with Crippen LogP contribution < -0.4 is 10.1 Å². The van der Waals surface area contributed by atoms with Crippen molar-refractivity contribution in [3.8, 4) is 5.75 Å². The van der Waals surface area contributed by atoms with Crippen LogP contribution in [0.4, 0.5) is 8.78 Å². The van der Waals surface area contributed by atoms with Crippen LogP contribution in [0.2, 0.25) is 0 Å². The fourth-order valence-corrected chi connectivity index (χ4v) is 3.24. The van der Waals surface area contributed by atoms with Crippen LogP contribution in [-0.2, 0) is 0 Å². The Balaban J connectivity index is 2.21. The molecular weight excluding hydrogens is 244 g/mol. The Hall–Kier alpha value is -0.810. The summed E-state index contributed by atoms with van der Waals surface area (Å²) < 4.78 is 29.1. The summed E-state index contributed by atoms with van der Waals surface area (Å²) in [6.45, 7) is 1.41. The zero-order chi connectivity index (χ0) is 12.5. The van der Waals surface area contributed by atoms with Gasteiger partial charge in [0.05, 0.1) is 5.37 Å². The number of nitrogens with one attached hydrogen (secondary N) is 1. The zero-order valence-corrected chi connectivity index (χ0v) is 10.6. The summed E-state index contributed by atoms with van der Waals surface area (Å²) in [5, 5.41) is 3.41. The summed E-state index contributed by atoms with van der Waals surface area (Å²) in [6, 6.07) is 6.94. The molecule has 1 unspecified atom stereocenters. The smallest absolute Gasteiger partial charge is 0.387 e. The number of ether oxygens (including phenoxy) is 1. The SMILES string of the molecule is CC1(C)CSC(c2ccccc2OC(F)F)N1. The molecule has 0 spiro atoms. The third kappa shape index (κ3) is 3.10. The van der Waals surface area contributed by atoms with Gasteiger partial charge in [0.1, 0.15) is 5.75 Å². The van der Waals surface area contributed by atoms with Crippen molar-refractivity contribution in [3.63, 3.8) is 0 Å². The molecule has 0 aromatic heterocycles. The lowest BCUT2D eigenvalue weighted by molar-refractivity contribution is -0.0505. The molecule has 1 aromatic carbocycles. The van der Waals surface area contributed by atoms with Crippen molar-refractivity contribution in [1.29, 1.82) is 0 Å². The Labute approximate surface area is 104 Å². The largest absolute Gasteiger partial charge is 0.434 e. The average Bonchev–Trinajstić information content (AvgIpc) is 2.59. The van der Waals surface area contributed by atoms with Crippen LogP contribution in [0, 0.1) is 0 Å². The normalized spacial score (nSPS) is 23.0. The molecule has 0 saturated carbocycles. The maximum atomic E-state index is 12.3. The third-order valence-corrected chi connectivity index (χ3v) is 4.14. The summed E-state index contributed by atoms with van der Waals surface area (Å²) in [5.41, 5.74) is 0.802. The van der Waals surface area contributed by atoms with E-state index in [1.54, 1.807) is 23.9 Å². The van der Waals surface area contributed by atoms with Crippen molar-refractivity contribution in [3.05, 3.63) is 29.8 Å². The van der Waals surface area contributed by atoms with E-state index in [1.165, 1.54) is 0 Å². The number of alkyl halides is 2. The lowest BCUT2D eigenvalue weighted by Gasteiger charge is -2.20. The minimum atomic E-state index is -2.78. The highest BCUT2D eigenvalue weighted by molar-refractivity contribution is 7.99. The zero-order valence-electron chi connectivity index (χ0n) is 9.74. The van der Waals surface area contributed by atoms with E-state index < -0.39 is 6.61 Å². The average molecular weight is 259 g/mol. The van der Waals surface area contributed by atoms with Gasteiger partial charge in [0.25, 0.3) is 0 Å². The second kappa shape index (κ2) is 4.82. The van der Waals surface area contributed by atoms with Crippen molar-refractivity contribution < 1.29 is 13.5 Å². The summed E-state index contributed by atoms with van der Waals surface area (Å²) in [6.07, 6.45) is 0. The van der Waals surface area contributed by atoms with Gasteiger partial charge >= 0.3 is 6.61 Å².